The first-order valence-electron chi connectivity index (χ1n) is 7.83. The Bertz CT molecular complexity index is 180. The molecule has 1 atom stereocenters. The van der Waals surface area contributed by atoms with E-state index < -0.39 is 0 Å². The van der Waals surface area contributed by atoms with Gasteiger partial charge in [0.25, 0.3) is 0 Å². The van der Waals surface area contributed by atoms with Gasteiger partial charge in [-0.1, -0.05) is 45.4 Å². The van der Waals surface area contributed by atoms with Crippen LogP contribution < -0.4 is 5.73 Å². The number of hydrogen-bond acceptors (Lipinski definition) is 2. The second kappa shape index (κ2) is 10.8. The quantitative estimate of drug-likeness (QED) is 0.522. The summed E-state index contributed by atoms with van der Waals surface area (Å²) < 4.78 is 5.65. The Morgan fingerprint density at radius 3 is 2.06 bits per heavy atom. The van der Waals surface area contributed by atoms with Gasteiger partial charge in [0.2, 0.25) is 0 Å². The van der Waals surface area contributed by atoms with Crippen LogP contribution in [0.4, 0.5) is 0 Å². The molecule has 0 amide bonds. The minimum absolute atomic E-state index is 0.00140. The Hall–Kier alpha value is -0.0800. The van der Waals surface area contributed by atoms with E-state index >= 15 is 0 Å². The summed E-state index contributed by atoms with van der Waals surface area (Å²) in [4.78, 5) is 0. The van der Waals surface area contributed by atoms with Crippen molar-refractivity contribution in [2.75, 3.05) is 13.7 Å². The average molecular weight is 257 g/mol. The van der Waals surface area contributed by atoms with E-state index in [2.05, 4.69) is 20.8 Å². The van der Waals surface area contributed by atoms with Crippen molar-refractivity contribution in [2.24, 2.45) is 11.7 Å². The highest BCUT2D eigenvalue weighted by Gasteiger charge is 2.27. The van der Waals surface area contributed by atoms with Gasteiger partial charge in [-0.05, 0) is 45.6 Å². The van der Waals surface area contributed by atoms with E-state index in [0.717, 1.165) is 13.0 Å². The molecule has 0 fully saturated rings. The summed E-state index contributed by atoms with van der Waals surface area (Å²) in [5.74, 6) is 0.650. The van der Waals surface area contributed by atoms with Gasteiger partial charge in [0.1, 0.15) is 0 Å². The third kappa shape index (κ3) is 8.10. The first-order chi connectivity index (χ1) is 8.58. The Morgan fingerprint density at radius 2 is 1.50 bits per heavy atom. The van der Waals surface area contributed by atoms with E-state index in [9.17, 15) is 0 Å². The maximum Gasteiger partial charge on any atom is 0.0650 e. The lowest BCUT2D eigenvalue weighted by Gasteiger charge is -2.33. The number of hydrogen-bond donors (Lipinski definition) is 1. The molecule has 2 N–H and O–H groups in total. The molecule has 0 bridgehead atoms. The average Bonchev–Trinajstić information content (AvgIpc) is 2.36. The number of ether oxygens (including phenoxy) is 1. The SMILES string of the molecule is CCCCCCCCC(CCCN)C(C)(C)OC. The largest absolute Gasteiger partial charge is 0.379 e. The maximum atomic E-state index is 5.65. The smallest absolute Gasteiger partial charge is 0.0650 e. The number of rotatable bonds is 12. The zero-order valence-electron chi connectivity index (χ0n) is 13.1. The van der Waals surface area contributed by atoms with Gasteiger partial charge in [-0.25, -0.2) is 0 Å². The lowest BCUT2D eigenvalue weighted by molar-refractivity contribution is -0.0348. The molecular weight excluding hydrogens is 222 g/mol. The van der Waals surface area contributed by atoms with Gasteiger partial charge >= 0.3 is 0 Å². The van der Waals surface area contributed by atoms with Gasteiger partial charge in [-0.15, -0.1) is 0 Å². The van der Waals surface area contributed by atoms with Crippen LogP contribution in [0.5, 0.6) is 0 Å². The minimum Gasteiger partial charge on any atom is -0.379 e. The highest BCUT2D eigenvalue weighted by atomic mass is 16.5. The van der Waals surface area contributed by atoms with Crippen molar-refractivity contribution in [3.05, 3.63) is 0 Å². The molecule has 2 heteroatoms. The molecule has 0 radical (unpaired) electrons. The van der Waals surface area contributed by atoms with E-state index in [-0.39, 0.29) is 5.60 Å². The van der Waals surface area contributed by atoms with E-state index in [1.54, 1.807) is 0 Å². The second-order valence-corrected chi connectivity index (χ2v) is 5.99. The fourth-order valence-corrected chi connectivity index (χ4v) is 2.54. The number of unbranched alkanes of at least 4 members (excludes halogenated alkanes) is 5. The summed E-state index contributed by atoms with van der Waals surface area (Å²) in [7, 11) is 1.83. The molecule has 0 aromatic heterocycles. The molecule has 110 valence electrons. The molecule has 0 saturated heterocycles. The minimum atomic E-state index is -0.00140. The lowest BCUT2D eigenvalue weighted by atomic mass is 9.82. The van der Waals surface area contributed by atoms with E-state index in [1.165, 1.54) is 51.4 Å². The van der Waals surface area contributed by atoms with Gasteiger partial charge in [0.15, 0.2) is 0 Å². The zero-order chi connectivity index (χ0) is 13.9. The molecule has 0 aliphatic heterocycles. The molecule has 0 rings (SSSR count). The summed E-state index contributed by atoms with van der Waals surface area (Å²) in [5.41, 5.74) is 5.63. The molecule has 18 heavy (non-hydrogen) atoms. The van der Waals surface area contributed by atoms with Crippen LogP contribution in [0.15, 0.2) is 0 Å². The van der Waals surface area contributed by atoms with E-state index in [0.29, 0.717) is 5.92 Å². The van der Waals surface area contributed by atoms with Crippen molar-refractivity contribution in [2.45, 2.75) is 84.2 Å². The molecule has 0 aromatic carbocycles. The number of nitrogens with two attached hydrogens (primary N) is 1. The van der Waals surface area contributed by atoms with Gasteiger partial charge in [-0.2, -0.15) is 0 Å². The summed E-state index contributed by atoms with van der Waals surface area (Å²) in [6.07, 6.45) is 11.8. The van der Waals surface area contributed by atoms with Gasteiger partial charge in [0.05, 0.1) is 5.60 Å². The van der Waals surface area contributed by atoms with Crippen LogP contribution in [-0.4, -0.2) is 19.3 Å². The standard InChI is InChI=1S/C16H35NO/c1-5-6-7-8-9-10-12-15(13-11-14-17)16(2,3)18-4/h15H,5-14,17H2,1-4H3. The zero-order valence-corrected chi connectivity index (χ0v) is 13.1. The monoisotopic (exact) mass is 257 g/mol. The summed E-state index contributed by atoms with van der Waals surface area (Å²) in [6, 6.07) is 0. The first-order valence-corrected chi connectivity index (χ1v) is 7.83. The van der Waals surface area contributed by atoms with Crippen molar-refractivity contribution < 1.29 is 4.74 Å². The summed E-state index contributed by atoms with van der Waals surface area (Å²) in [5, 5.41) is 0. The third-order valence-corrected chi connectivity index (χ3v) is 4.17. The van der Waals surface area contributed by atoms with Crippen molar-refractivity contribution in [1.29, 1.82) is 0 Å². The van der Waals surface area contributed by atoms with Crippen molar-refractivity contribution >= 4 is 0 Å². The van der Waals surface area contributed by atoms with Crippen LogP contribution in [0, 0.1) is 5.92 Å². The summed E-state index contributed by atoms with van der Waals surface area (Å²) >= 11 is 0. The second-order valence-electron chi connectivity index (χ2n) is 5.99. The Morgan fingerprint density at radius 1 is 0.944 bits per heavy atom. The molecule has 2 nitrogen and oxygen atoms in total. The predicted octanol–water partition coefficient (Wildman–Crippen LogP) is 4.52. The van der Waals surface area contributed by atoms with Crippen LogP contribution in [0.3, 0.4) is 0 Å². The van der Waals surface area contributed by atoms with Gasteiger partial charge in [-0.3, -0.25) is 0 Å². The van der Waals surface area contributed by atoms with Crippen molar-refractivity contribution in [1.82, 2.24) is 0 Å². The summed E-state index contributed by atoms with van der Waals surface area (Å²) in [6.45, 7) is 7.49. The normalized spacial score (nSPS) is 13.8. The molecule has 0 aliphatic rings. The molecule has 1 unspecified atom stereocenters. The van der Waals surface area contributed by atoms with Crippen LogP contribution in [0.25, 0.3) is 0 Å². The van der Waals surface area contributed by atoms with Crippen molar-refractivity contribution in [3.8, 4) is 0 Å². The first kappa shape index (κ1) is 17.9. The fourth-order valence-electron chi connectivity index (χ4n) is 2.54. The van der Waals surface area contributed by atoms with Crippen LogP contribution in [-0.2, 0) is 4.74 Å². The molecule has 0 saturated carbocycles. The highest BCUT2D eigenvalue weighted by Crippen LogP contribution is 2.30. The Labute approximate surface area is 115 Å². The third-order valence-electron chi connectivity index (χ3n) is 4.17. The van der Waals surface area contributed by atoms with Crippen LogP contribution in [0.1, 0.15) is 78.6 Å². The Kier molecular flexibility index (Phi) is 10.8. The molecular formula is C16H35NO. The predicted molar refractivity (Wildman–Crippen MR) is 80.9 cm³/mol. The maximum absolute atomic E-state index is 5.65. The molecule has 0 heterocycles. The van der Waals surface area contributed by atoms with Crippen LogP contribution in [0.2, 0.25) is 0 Å². The van der Waals surface area contributed by atoms with Crippen molar-refractivity contribution in [3.63, 3.8) is 0 Å². The highest BCUT2D eigenvalue weighted by molar-refractivity contribution is 4.79. The number of methoxy groups -OCH3 is 1. The molecule has 0 aliphatic carbocycles. The van der Waals surface area contributed by atoms with Gasteiger partial charge < -0.3 is 10.5 Å². The fraction of sp³-hybridized carbons (Fsp3) is 1.00. The molecule has 0 aromatic rings. The van der Waals surface area contributed by atoms with Crippen LogP contribution >= 0.6 is 0 Å². The molecule has 0 spiro atoms. The Balaban J connectivity index is 3.87. The van der Waals surface area contributed by atoms with Gasteiger partial charge in [0, 0.05) is 7.11 Å². The van der Waals surface area contributed by atoms with E-state index in [1.807, 2.05) is 7.11 Å². The van der Waals surface area contributed by atoms with E-state index in [4.69, 9.17) is 10.5 Å². The topological polar surface area (TPSA) is 35.2 Å². The lowest BCUT2D eigenvalue weighted by Crippen LogP contribution is -2.33.